The van der Waals surface area contributed by atoms with Gasteiger partial charge in [0.2, 0.25) is 5.91 Å². The largest absolute Gasteiger partial charge is 0.381 e. The van der Waals surface area contributed by atoms with E-state index >= 15 is 0 Å². The number of amides is 1. The number of nitrogens with zero attached hydrogens (tertiary/aromatic N) is 4. The fraction of sp³-hybridized carbons (Fsp3) is 0.800. The summed E-state index contributed by atoms with van der Waals surface area (Å²) in [5.41, 5.74) is 0. The van der Waals surface area contributed by atoms with Crippen molar-refractivity contribution in [3.8, 4) is 0 Å². The summed E-state index contributed by atoms with van der Waals surface area (Å²) in [6, 6.07) is 0.143. The van der Waals surface area contributed by atoms with Gasteiger partial charge in [-0.2, -0.15) is 0 Å². The Balaban J connectivity index is 1.62. The van der Waals surface area contributed by atoms with Gasteiger partial charge in [-0.1, -0.05) is 11.6 Å². The van der Waals surface area contributed by atoms with Crippen molar-refractivity contribution in [3.63, 3.8) is 0 Å². The van der Waals surface area contributed by atoms with E-state index in [9.17, 15) is 4.79 Å². The van der Waals surface area contributed by atoms with Gasteiger partial charge in [0.15, 0.2) is 0 Å². The molecule has 122 valence electrons. The van der Waals surface area contributed by atoms with E-state index in [4.69, 9.17) is 9.47 Å². The number of rotatable bonds is 5. The fourth-order valence-corrected chi connectivity index (χ4v) is 3.68. The Labute approximate surface area is 130 Å². The van der Waals surface area contributed by atoms with Crippen molar-refractivity contribution < 1.29 is 14.3 Å². The second-order valence-corrected chi connectivity index (χ2v) is 6.01. The molecule has 0 N–H and O–H groups in total. The van der Waals surface area contributed by atoms with E-state index in [0.717, 1.165) is 12.8 Å². The highest BCUT2D eigenvalue weighted by molar-refractivity contribution is 5.76. The minimum Gasteiger partial charge on any atom is -0.381 e. The number of aryl methyl sites for hydroxylation is 1. The normalized spacial score (nSPS) is 29.0. The van der Waals surface area contributed by atoms with Crippen LogP contribution in [-0.2, 0) is 20.8 Å². The molecule has 1 aliphatic carbocycles. The van der Waals surface area contributed by atoms with E-state index in [2.05, 4.69) is 10.3 Å². The lowest BCUT2D eigenvalue weighted by molar-refractivity contribution is -0.144. The van der Waals surface area contributed by atoms with Crippen LogP contribution in [0, 0.1) is 5.92 Å². The maximum absolute atomic E-state index is 12.6. The number of hydrogen-bond donors (Lipinski definition) is 0. The Hall–Kier alpha value is -1.47. The first-order valence-corrected chi connectivity index (χ1v) is 8.03. The van der Waals surface area contributed by atoms with Crippen LogP contribution in [0.25, 0.3) is 0 Å². The number of carbonyl (C=O) groups excluding carboxylic acids is 1. The van der Waals surface area contributed by atoms with Crippen molar-refractivity contribution in [2.24, 2.45) is 5.92 Å². The van der Waals surface area contributed by atoms with Gasteiger partial charge in [0.1, 0.15) is 0 Å². The van der Waals surface area contributed by atoms with Gasteiger partial charge < -0.3 is 14.4 Å². The zero-order valence-electron chi connectivity index (χ0n) is 13.1. The van der Waals surface area contributed by atoms with Gasteiger partial charge in [-0.25, -0.2) is 0 Å². The molecule has 7 nitrogen and oxygen atoms in total. The SMILES string of the molecule is COC1CCCC1C1COCCN1C(=O)CCn1ccnn1. The van der Waals surface area contributed by atoms with Crippen LogP contribution < -0.4 is 0 Å². The van der Waals surface area contributed by atoms with Crippen molar-refractivity contribution >= 4 is 5.91 Å². The molecule has 1 aromatic rings. The predicted octanol–water partition coefficient (Wildman–Crippen LogP) is 0.711. The molecule has 1 saturated carbocycles. The molecule has 2 fully saturated rings. The standard InChI is InChI=1S/C15H24N4O3/c1-21-14-4-2-3-12(14)13-11-22-10-9-19(13)15(20)5-7-18-8-6-16-17-18/h6,8,12-14H,2-5,7,9-11H2,1H3. The van der Waals surface area contributed by atoms with Gasteiger partial charge in [0.25, 0.3) is 0 Å². The van der Waals surface area contributed by atoms with E-state index in [1.54, 1.807) is 24.2 Å². The molecule has 1 aliphatic heterocycles. The Kier molecular flexibility index (Phi) is 5.04. The summed E-state index contributed by atoms with van der Waals surface area (Å²) in [6.45, 7) is 2.49. The second-order valence-electron chi connectivity index (χ2n) is 6.01. The number of carbonyl (C=O) groups is 1. The minimum absolute atomic E-state index is 0.143. The van der Waals surface area contributed by atoms with Crippen molar-refractivity contribution in [1.29, 1.82) is 0 Å². The Morgan fingerprint density at radius 1 is 1.45 bits per heavy atom. The second kappa shape index (κ2) is 7.19. The van der Waals surface area contributed by atoms with Crippen molar-refractivity contribution in [2.45, 2.75) is 44.4 Å². The summed E-state index contributed by atoms with van der Waals surface area (Å²) in [7, 11) is 1.77. The number of ether oxygens (including phenoxy) is 2. The average molecular weight is 308 g/mol. The molecule has 1 saturated heterocycles. The van der Waals surface area contributed by atoms with Gasteiger partial charge in [0.05, 0.1) is 38.1 Å². The highest BCUT2D eigenvalue weighted by atomic mass is 16.5. The molecular formula is C15H24N4O3. The van der Waals surface area contributed by atoms with E-state index in [0.29, 0.717) is 38.6 Å². The number of morpholine rings is 1. The third kappa shape index (κ3) is 3.30. The lowest BCUT2D eigenvalue weighted by Crippen LogP contribution is -2.53. The van der Waals surface area contributed by atoms with Crippen molar-refractivity contribution in [1.82, 2.24) is 19.9 Å². The first-order valence-electron chi connectivity index (χ1n) is 8.03. The number of aromatic nitrogens is 3. The van der Waals surface area contributed by atoms with Gasteiger partial charge in [-0.15, -0.1) is 5.10 Å². The van der Waals surface area contributed by atoms with Crippen LogP contribution in [0.1, 0.15) is 25.7 Å². The summed E-state index contributed by atoms with van der Waals surface area (Å²) in [5.74, 6) is 0.561. The molecule has 3 unspecified atom stereocenters. The van der Waals surface area contributed by atoms with Crippen LogP contribution in [0.5, 0.6) is 0 Å². The average Bonchev–Trinajstić information content (AvgIpc) is 3.23. The van der Waals surface area contributed by atoms with Gasteiger partial charge in [-0.05, 0) is 12.8 Å². The first kappa shape index (κ1) is 15.4. The van der Waals surface area contributed by atoms with Gasteiger partial charge >= 0.3 is 0 Å². The lowest BCUT2D eigenvalue weighted by Gasteiger charge is -2.40. The van der Waals surface area contributed by atoms with E-state index in [-0.39, 0.29) is 18.1 Å². The molecule has 0 radical (unpaired) electrons. The van der Waals surface area contributed by atoms with Crippen LogP contribution in [0.4, 0.5) is 0 Å². The molecule has 1 amide bonds. The molecular weight excluding hydrogens is 284 g/mol. The Morgan fingerprint density at radius 2 is 2.36 bits per heavy atom. The maximum Gasteiger partial charge on any atom is 0.224 e. The van der Waals surface area contributed by atoms with Crippen LogP contribution in [-0.4, -0.2) is 64.8 Å². The summed E-state index contributed by atoms with van der Waals surface area (Å²) >= 11 is 0. The lowest BCUT2D eigenvalue weighted by atomic mass is 9.94. The molecule has 0 spiro atoms. The molecule has 7 heteroatoms. The monoisotopic (exact) mass is 308 g/mol. The summed E-state index contributed by atoms with van der Waals surface area (Å²) in [4.78, 5) is 14.6. The molecule has 0 bridgehead atoms. The summed E-state index contributed by atoms with van der Waals surface area (Å²) in [6.07, 6.45) is 7.46. The topological polar surface area (TPSA) is 69.5 Å². The molecule has 2 heterocycles. The highest BCUT2D eigenvalue weighted by Crippen LogP contribution is 2.34. The molecule has 1 aromatic heterocycles. The van der Waals surface area contributed by atoms with Crippen LogP contribution in [0.2, 0.25) is 0 Å². The summed E-state index contributed by atoms with van der Waals surface area (Å²) < 4.78 is 12.9. The molecule has 0 aromatic carbocycles. The van der Waals surface area contributed by atoms with Crippen LogP contribution in [0.15, 0.2) is 12.4 Å². The Morgan fingerprint density at radius 3 is 3.14 bits per heavy atom. The van der Waals surface area contributed by atoms with E-state index in [1.165, 1.54) is 6.42 Å². The molecule has 3 rings (SSSR count). The van der Waals surface area contributed by atoms with Crippen molar-refractivity contribution in [3.05, 3.63) is 12.4 Å². The van der Waals surface area contributed by atoms with E-state index in [1.807, 2.05) is 4.90 Å². The van der Waals surface area contributed by atoms with Crippen LogP contribution >= 0.6 is 0 Å². The number of hydrogen-bond acceptors (Lipinski definition) is 5. The molecule has 2 aliphatic rings. The van der Waals surface area contributed by atoms with Crippen molar-refractivity contribution in [2.75, 3.05) is 26.9 Å². The predicted molar refractivity (Wildman–Crippen MR) is 79.1 cm³/mol. The maximum atomic E-state index is 12.6. The number of methoxy groups -OCH3 is 1. The van der Waals surface area contributed by atoms with Crippen LogP contribution in [0.3, 0.4) is 0 Å². The third-order valence-electron chi connectivity index (χ3n) is 4.81. The quantitative estimate of drug-likeness (QED) is 0.801. The highest BCUT2D eigenvalue weighted by Gasteiger charge is 2.40. The zero-order valence-corrected chi connectivity index (χ0v) is 13.1. The third-order valence-corrected chi connectivity index (χ3v) is 4.81. The Bertz CT molecular complexity index is 479. The minimum atomic E-state index is 0.143. The smallest absolute Gasteiger partial charge is 0.224 e. The zero-order chi connectivity index (χ0) is 15.4. The summed E-state index contributed by atoms with van der Waals surface area (Å²) in [5, 5.41) is 7.67. The first-order chi connectivity index (χ1) is 10.8. The fourth-order valence-electron chi connectivity index (χ4n) is 3.68. The molecule has 3 atom stereocenters. The molecule has 22 heavy (non-hydrogen) atoms. The van der Waals surface area contributed by atoms with Gasteiger partial charge in [0, 0.05) is 32.2 Å². The van der Waals surface area contributed by atoms with Gasteiger partial charge in [-0.3, -0.25) is 9.48 Å². The van der Waals surface area contributed by atoms with E-state index < -0.39 is 0 Å².